The molecule has 2 aliphatic rings. The second-order valence-electron chi connectivity index (χ2n) is 5.70. The van der Waals surface area contributed by atoms with E-state index in [2.05, 4.69) is 5.10 Å². The van der Waals surface area contributed by atoms with Crippen LogP contribution in [0.1, 0.15) is 24.4 Å². The SMILES string of the molecule is Cc1cnn([C@H]2CCCN(C(=O)CN3CSCC3=O)C2)c1. The summed E-state index contributed by atoms with van der Waals surface area (Å²) in [7, 11) is 0. The van der Waals surface area contributed by atoms with E-state index in [4.69, 9.17) is 0 Å². The Balaban J connectivity index is 1.60. The molecule has 0 radical (unpaired) electrons. The van der Waals surface area contributed by atoms with Gasteiger partial charge in [-0.15, -0.1) is 11.8 Å². The quantitative estimate of drug-likeness (QED) is 0.832. The van der Waals surface area contributed by atoms with Crippen LogP contribution in [0.2, 0.25) is 0 Å². The van der Waals surface area contributed by atoms with Crippen LogP contribution < -0.4 is 0 Å². The maximum absolute atomic E-state index is 12.4. The first-order valence-electron chi connectivity index (χ1n) is 7.27. The molecule has 3 rings (SSSR count). The van der Waals surface area contributed by atoms with Gasteiger partial charge in [-0.1, -0.05) is 0 Å². The van der Waals surface area contributed by atoms with E-state index >= 15 is 0 Å². The van der Waals surface area contributed by atoms with Gasteiger partial charge in [0.25, 0.3) is 0 Å². The van der Waals surface area contributed by atoms with Gasteiger partial charge in [0.05, 0.1) is 23.9 Å². The Morgan fingerprint density at radius 2 is 2.38 bits per heavy atom. The lowest BCUT2D eigenvalue weighted by Crippen LogP contribution is -2.46. The van der Waals surface area contributed by atoms with Gasteiger partial charge in [-0.2, -0.15) is 5.10 Å². The number of rotatable bonds is 3. The predicted molar refractivity (Wildman–Crippen MR) is 80.9 cm³/mol. The fourth-order valence-electron chi connectivity index (χ4n) is 2.83. The Kier molecular flexibility index (Phi) is 4.19. The predicted octanol–water partition coefficient (Wildman–Crippen LogP) is 0.888. The molecule has 21 heavy (non-hydrogen) atoms. The first kappa shape index (κ1) is 14.4. The smallest absolute Gasteiger partial charge is 0.242 e. The average Bonchev–Trinajstić information content (AvgIpc) is 3.08. The number of amides is 2. The molecular formula is C14H20N4O2S. The van der Waals surface area contributed by atoms with Crippen molar-refractivity contribution >= 4 is 23.6 Å². The van der Waals surface area contributed by atoms with E-state index < -0.39 is 0 Å². The van der Waals surface area contributed by atoms with E-state index in [1.165, 1.54) is 0 Å². The van der Waals surface area contributed by atoms with Crippen molar-refractivity contribution in [1.29, 1.82) is 0 Å². The Hall–Kier alpha value is -1.50. The monoisotopic (exact) mass is 308 g/mol. The van der Waals surface area contributed by atoms with Crippen molar-refractivity contribution in [2.75, 3.05) is 31.3 Å². The maximum Gasteiger partial charge on any atom is 0.242 e. The number of carbonyl (C=O) groups is 2. The van der Waals surface area contributed by atoms with Gasteiger partial charge < -0.3 is 9.80 Å². The summed E-state index contributed by atoms with van der Waals surface area (Å²) in [6.45, 7) is 3.71. The molecule has 1 aromatic rings. The summed E-state index contributed by atoms with van der Waals surface area (Å²) in [6.07, 6.45) is 5.90. The fourth-order valence-corrected chi connectivity index (χ4v) is 3.74. The average molecular weight is 308 g/mol. The molecule has 0 bridgehead atoms. The van der Waals surface area contributed by atoms with Crippen molar-refractivity contribution in [3.8, 4) is 0 Å². The molecule has 6 nitrogen and oxygen atoms in total. The standard InChI is InChI=1S/C14H20N4O2S/c1-11-5-15-18(6-11)12-3-2-4-16(7-12)13(19)8-17-10-21-9-14(17)20/h5-6,12H,2-4,7-10H2,1H3/t12-/m0/s1. The number of thioether (sulfide) groups is 1. The lowest BCUT2D eigenvalue weighted by Gasteiger charge is -2.33. The van der Waals surface area contributed by atoms with Gasteiger partial charge >= 0.3 is 0 Å². The third-order valence-electron chi connectivity index (χ3n) is 4.01. The number of aryl methyl sites for hydroxylation is 1. The van der Waals surface area contributed by atoms with Gasteiger partial charge in [-0.25, -0.2) is 0 Å². The zero-order chi connectivity index (χ0) is 14.8. The number of piperidine rings is 1. The summed E-state index contributed by atoms with van der Waals surface area (Å²) in [4.78, 5) is 27.5. The molecule has 3 heterocycles. The summed E-state index contributed by atoms with van der Waals surface area (Å²) in [5, 5.41) is 4.36. The molecule has 2 amide bonds. The molecule has 2 saturated heterocycles. The minimum absolute atomic E-state index is 0.0550. The lowest BCUT2D eigenvalue weighted by atomic mass is 10.1. The Morgan fingerprint density at radius 3 is 3.05 bits per heavy atom. The summed E-state index contributed by atoms with van der Waals surface area (Å²) < 4.78 is 1.96. The maximum atomic E-state index is 12.4. The molecule has 0 saturated carbocycles. The van der Waals surface area contributed by atoms with Crippen LogP contribution in [0.5, 0.6) is 0 Å². The number of likely N-dealkylation sites (tertiary alicyclic amines) is 1. The summed E-state index contributed by atoms with van der Waals surface area (Å²) >= 11 is 1.57. The van der Waals surface area contributed by atoms with Gasteiger partial charge in [-0.3, -0.25) is 14.3 Å². The van der Waals surface area contributed by atoms with Crippen molar-refractivity contribution in [1.82, 2.24) is 19.6 Å². The highest BCUT2D eigenvalue weighted by Gasteiger charge is 2.29. The minimum atomic E-state index is 0.0550. The Morgan fingerprint density at radius 1 is 1.52 bits per heavy atom. The highest BCUT2D eigenvalue weighted by atomic mass is 32.2. The van der Waals surface area contributed by atoms with Crippen molar-refractivity contribution in [2.45, 2.75) is 25.8 Å². The van der Waals surface area contributed by atoms with E-state index in [0.717, 1.165) is 24.9 Å². The number of hydrogen-bond acceptors (Lipinski definition) is 4. The third kappa shape index (κ3) is 3.23. The van der Waals surface area contributed by atoms with Crippen molar-refractivity contribution < 1.29 is 9.59 Å². The van der Waals surface area contributed by atoms with E-state index in [9.17, 15) is 9.59 Å². The molecule has 0 unspecified atom stereocenters. The molecule has 0 spiro atoms. The molecule has 1 aromatic heterocycles. The minimum Gasteiger partial charge on any atom is -0.339 e. The number of hydrogen-bond donors (Lipinski definition) is 0. The molecule has 0 N–H and O–H groups in total. The van der Waals surface area contributed by atoms with Crippen molar-refractivity contribution in [2.24, 2.45) is 0 Å². The summed E-state index contributed by atoms with van der Waals surface area (Å²) in [5.41, 5.74) is 1.14. The van der Waals surface area contributed by atoms with Gasteiger partial charge in [0.1, 0.15) is 6.54 Å². The van der Waals surface area contributed by atoms with Gasteiger partial charge in [-0.05, 0) is 25.3 Å². The Bertz CT molecular complexity index is 545. The molecule has 0 aromatic carbocycles. The fraction of sp³-hybridized carbons (Fsp3) is 0.643. The normalized spacial score (nSPS) is 22.9. The number of nitrogens with zero attached hydrogens (tertiary/aromatic N) is 4. The molecule has 7 heteroatoms. The van der Waals surface area contributed by atoms with Crippen LogP contribution >= 0.6 is 11.8 Å². The van der Waals surface area contributed by atoms with Crippen LogP contribution in [-0.4, -0.2) is 62.7 Å². The molecular weight excluding hydrogens is 288 g/mol. The summed E-state index contributed by atoms with van der Waals surface area (Å²) in [5.74, 6) is 1.27. The van der Waals surface area contributed by atoms with Gasteiger partial charge in [0.2, 0.25) is 11.8 Å². The zero-order valence-electron chi connectivity index (χ0n) is 12.2. The van der Waals surface area contributed by atoms with Gasteiger partial charge in [0, 0.05) is 19.3 Å². The molecule has 0 aliphatic carbocycles. The van der Waals surface area contributed by atoms with E-state index in [1.807, 2.05) is 28.9 Å². The largest absolute Gasteiger partial charge is 0.339 e. The van der Waals surface area contributed by atoms with Crippen molar-refractivity contribution in [3.05, 3.63) is 18.0 Å². The highest BCUT2D eigenvalue weighted by Crippen LogP contribution is 2.22. The van der Waals surface area contributed by atoms with E-state index in [0.29, 0.717) is 18.2 Å². The summed E-state index contributed by atoms with van der Waals surface area (Å²) in [6, 6.07) is 0.250. The van der Waals surface area contributed by atoms with Gasteiger partial charge in [0.15, 0.2) is 0 Å². The zero-order valence-corrected chi connectivity index (χ0v) is 13.0. The van der Waals surface area contributed by atoms with Crippen LogP contribution in [0.25, 0.3) is 0 Å². The molecule has 1 atom stereocenters. The first-order chi connectivity index (χ1) is 10.1. The van der Waals surface area contributed by atoms with Crippen LogP contribution in [0.15, 0.2) is 12.4 Å². The first-order valence-corrected chi connectivity index (χ1v) is 8.43. The van der Waals surface area contributed by atoms with E-state index in [1.54, 1.807) is 16.7 Å². The highest BCUT2D eigenvalue weighted by molar-refractivity contribution is 8.00. The molecule has 114 valence electrons. The van der Waals surface area contributed by atoms with Crippen LogP contribution in [0.3, 0.4) is 0 Å². The number of aromatic nitrogens is 2. The second kappa shape index (κ2) is 6.09. The number of carbonyl (C=O) groups excluding carboxylic acids is 2. The molecule has 2 fully saturated rings. The third-order valence-corrected chi connectivity index (χ3v) is 4.95. The topological polar surface area (TPSA) is 58.4 Å². The van der Waals surface area contributed by atoms with Crippen LogP contribution in [0.4, 0.5) is 0 Å². The van der Waals surface area contributed by atoms with Crippen molar-refractivity contribution in [3.63, 3.8) is 0 Å². The second-order valence-corrected chi connectivity index (χ2v) is 6.66. The lowest BCUT2D eigenvalue weighted by molar-refractivity contribution is -0.139. The molecule has 2 aliphatic heterocycles. The van der Waals surface area contributed by atoms with Crippen LogP contribution in [-0.2, 0) is 9.59 Å². The van der Waals surface area contributed by atoms with E-state index in [-0.39, 0.29) is 24.4 Å². The Labute approximate surface area is 128 Å². The van der Waals surface area contributed by atoms with Crippen LogP contribution in [0, 0.1) is 6.92 Å².